The van der Waals surface area contributed by atoms with Crippen LogP contribution in [0.1, 0.15) is 12.5 Å². The Morgan fingerprint density at radius 1 is 1.04 bits per heavy atom. The van der Waals surface area contributed by atoms with Crippen LogP contribution < -0.4 is 10.1 Å². The molecule has 0 aliphatic heterocycles. The quantitative estimate of drug-likeness (QED) is 0.633. The molecular weight excluding hydrogens is 330 g/mol. The second-order valence-electron chi connectivity index (χ2n) is 5.18. The van der Waals surface area contributed by atoms with Crippen molar-refractivity contribution in [3.05, 3.63) is 68.3 Å². The number of ether oxygens (including phenoxy) is 1. The minimum atomic E-state index is -1.04. The summed E-state index contributed by atoms with van der Waals surface area (Å²) in [4.78, 5) is 33.0. The number of carbonyl (C=O) groups is 1. The summed E-state index contributed by atoms with van der Waals surface area (Å²) in [5.41, 5.74) is 0.203. The van der Waals surface area contributed by atoms with Gasteiger partial charge in [-0.2, -0.15) is 0 Å². The zero-order chi connectivity index (χ0) is 18.6. The number of benzene rings is 2. The highest BCUT2D eigenvalue weighted by atomic mass is 16.6. The predicted octanol–water partition coefficient (Wildman–Crippen LogP) is 3.22. The Hall–Kier alpha value is -3.49. The van der Waals surface area contributed by atoms with Gasteiger partial charge in [-0.15, -0.1) is 0 Å². The number of hydrogen-bond acceptors (Lipinski definition) is 6. The molecule has 0 radical (unpaired) electrons. The first-order valence-electron chi connectivity index (χ1n) is 7.26. The van der Waals surface area contributed by atoms with E-state index in [9.17, 15) is 25.0 Å². The monoisotopic (exact) mass is 345 g/mol. The van der Waals surface area contributed by atoms with E-state index in [-0.39, 0.29) is 22.8 Å². The molecule has 9 heteroatoms. The Morgan fingerprint density at radius 3 is 2.28 bits per heavy atom. The maximum absolute atomic E-state index is 12.3. The highest BCUT2D eigenvalue weighted by Gasteiger charge is 2.22. The van der Waals surface area contributed by atoms with Crippen LogP contribution in [0.2, 0.25) is 0 Å². The number of nitro groups is 2. The number of carbonyl (C=O) groups excluding carboxylic acids is 1. The molecule has 9 nitrogen and oxygen atoms in total. The van der Waals surface area contributed by atoms with Gasteiger partial charge in [0.1, 0.15) is 0 Å². The first-order valence-corrected chi connectivity index (χ1v) is 7.26. The molecule has 1 N–H and O–H groups in total. The van der Waals surface area contributed by atoms with Crippen molar-refractivity contribution in [1.29, 1.82) is 0 Å². The third-order valence-electron chi connectivity index (χ3n) is 3.49. The maximum Gasteiger partial charge on any atom is 0.310 e. The molecule has 2 aromatic carbocycles. The Balaban J connectivity index is 2.16. The molecule has 1 amide bonds. The SMILES string of the molecule is Cc1c(NC(=O)[C@@H](C)Oc2ccccc2[N+](=O)[O-])cccc1[N+](=O)[O-]. The Bertz CT molecular complexity index is 836. The second-order valence-corrected chi connectivity index (χ2v) is 5.18. The van der Waals surface area contributed by atoms with Gasteiger partial charge in [0.15, 0.2) is 11.9 Å². The molecule has 0 saturated carbocycles. The topological polar surface area (TPSA) is 125 Å². The van der Waals surface area contributed by atoms with Crippen molar-refractivity contribution in [2.24, 2.45) is 0 Å². The first kappa shape index (κ1) is 17.9. The van der Waals surface area contributed by atoms with Crippen molar-refractivity contribution in [2.75, 3.05) is 5.32 Å². The van der Waals surface area contributed by atoms with Gasteiger partial charge in [0.05, 0.1) is 21.1 Å². The van der Waals surface area contributed by atoms with Crippen molar-refractivity contribution >= 4 is 23.0 Å². The van der Waals surface area contributed by atoms with Crippen LogP contribution in [-0.2, 0) is 4.79 Å². The number of rotatable bonds is 6. The molecule has 0 saturated heterocycles. The predicted molar refractivity (Wildman–Crippen MR) is 89.6 cm³/mol. The van der Waals surface area contributed by atoms with Crippen molar-refractivity contribution in [2.45, 2.75) is 20.0 Å². The van der Waals surface area contributed by atoms with Gasteiger partial charge in [-0.3, -0.25) is 25.0 Å². The van der Waals surface area contributed by atoms with Gasteiger partial charge < -0.3 is 10.1 Å². The summed E-state index contributed by atoms with van der Waals surface area (Å²) in [5.74, 6) is -0.618. The lowest BCUT2D eigenvalue weighted by Gasteiger charge is -2.15. The number of nitrogens with zero attached hydrogens (tertiary/aromatic N) is 2. The van der Waals surface area contributed by atoms with Crippen molar-refractivity contribution in [1.82, 2.24) is 0 Å². The van der Waals surface area contributed by atoms with Gasteiger partial charge in [-0.25, -0.2) is 0 Å². The minimum Gasteiger partial charge on any atom is -0.474 e. The highest BCUT2D eigenvalue weighted by Crippen LogP contribution is 2.28. The molecule has 1 atom stereocenters. The third-order valence-corrected chi connectivity index (χ3v) is 3.49. The average Bonchev–Trinajstić information content (AvgIpc) is 2.56. The molecule has 0 bridgehead atoms. The van der Waals surface area contributed by atoms with E-state index in [2.05, 4.69) is 5.32 Å². The lowest BCUT2D eigenvalue weighted by molar-refractivity contribution is -0.386. The van der Waals surface area contributed by atoms with Crippen molar-refractivity contribution in [3.8, 4) is 5.75 Å². The number of nitro benzene ring substituents is 2. The zero-order valence-corrected chi connectivity index (χ0v) is 13.5. The zero-order valence-electron chi connectivity index (χ0n) is 13.5. The van der Waals surface area contributed by atoms with Crippen molar-refractivity contribution in [3.63, 3.8) is 0 Å². The van der Waals surface area contributed by atoms with E-state index in [1.165, 1.54) is 50.2 Å². The summed E-state index contributed by atoms with van der Waals surface area (Å²) in [6.07, 6.45) is -1.04. The van der Waals surface area contributed by atoms with Gasteiger partial charge in [-0.1, -0.05) is 18.2 Å². The summed E-state index contributed by atoms with van der Waals surface area (Å²) in [5, 5.41) is 24.4. The molecule has 25 heavy (non-hydrogen) atoms. The van der Waals surface area contributed by atoms with E-state index in [0.29, 0.717) is 5.56 Å². The van der Waals surface area contributed by atoms with E-state index in [1.54, 1.807) is 6.07 Å². The molecule has 0 aliphatic rings. The Morgan fingerprint density at radius 2 is 1.64 bits per heavy atom. The van der Waals surface area contributed by atoms with Crippen LogP contribution in [0.5, 0.6) is 5.75 Å². The molecule has 0 spiro atoms. The summed E-state index contributed by atoms with van der Waals surface area (Å²) < 4.78 is 5.37. The second kappa shape index (κ2) is 7.39. The van der Waals surface area contributed by atoms with Gasteiger partial charge in [0.25, 0.3) is 11.6 Å². The van der Waals surface area contributed by atoms with Crippen LogP contribution >= 0.6 is 0 Å². The van der Waals surface area contributed by atoms with E-state index < -0.39 is 21.9 Å². The molecule has 0 fully saturated rings. The normalized spacial score (nSPS) is 11.4. The highest BCUT2D eigenvalue weighted by molar-refractivity contribution is 5.95. The fourth-order valence-electron chi connectivity index (χ4n) is 2.14. The standard InChI is InChI=1S/C16H15N3O6/c1-10-12(6-5-8-13(10)18(21)22)17-16(20)11(2)25-15-9-4-3-7-14(15)19(23)24/h3-9,11H,1-2H3,(H,17,20)/t11-/m1/s1. The molecule has 2 aromatic rings. The van der Waals surface area contributed by atoms with Crippen LogP contribution in [0.3, 0.4) is 0 Å². The molecule has 0 aliphatic carbocycles. The average molecular weight is 345 g/mol. The van der Waals surface area contributed by atoms with Crippen LogP contribution in [0.15, 0.2) is 42.5 Å². The summed E-state index contributed by atoms with van der Waals surface area (Å²) >= 11 is 0. The molecule has 2 rings (SSSR count). The van der Waals surface area contributed by atoms with Crippen LogP contribution in [0, 0.1) is 27.2 Å². The third kappa shape index (κ3) is 4.08. The summed E-state index contributed by atoms with van der Waals surface area (Å²) in [6.45, 7) is 2.94. The largest absolute Gasteiger partial charge is 0.474 e. The van der Waals surface area contributed by atoms with E-state index >= 15 is 0 Å². The number of para-hydroxylation sites is 2. The van der Waals surface area contributed by atoms with Crippen LogP contribution in [-0.4, -0.2) is 21.9 Å². The van der Waals surface area contributed by atoms with Gasteiger partial charge in [0.2, 0.25) is 0 Å². The smallest absolute Gasteiger partial charge is 0.310 e. The number of anilines is 1. The van der Waals surface area contributed by atoms with Crippen LogP contribution in [0.25, 0.3) is 0 Å². The first-order chi connectivity index (χ1) is 11.8. The van der Waals surface area contributed by atoms with Gasteiger partial charge in [0, 0.05) is 12.1 Å². The fourth-order valence-corrected chi connectivity index (χ4v) is 2.14. The lowest BCUT2D eigenvalue weighted by Crippen LogP contribution is -2.30. The lowest BCUT2D eigenvalue weighted by atomic mass is 10.1. The van der Waals surface area contributed by atoms with E-state index in [0.717, 1.165) is 0 Å². The fraction of sp³-hybridized carbons (Fsp3) is 0.188. The van der Waals surface area contributed by atoms with E-state index in [1.807, 2.05) is 0 Å². The summed E-state index contributed by atoms with van der Waals surface area (Å²) in [7, 11) is 0. The number of amides is 1. The van der Waals surface area contributed by atoms with Crippen molar-refractivity contribution < 1.29 is 19.4 Å². The molecule has 130 valence electrons. The molecule has 0 aromatic heterocycles. The number of hydrogen-bond donors (Lipinski definition) is 1. The van der Waals surface area contributed by atoms with Gasteiger partial charge >= 0.3 is 5.69 Å². The Kier molecular flexibility index (Phi) is 5.28. The Labute approximate surface area is 142 Å². The molecule has 0 unspecified atom stereocenters. The maximum atomic E-state index is 12.3. The summed E-state index contributed by atoms with van der Waals surface area (Å²) in [6, 6.07) is 10.0. The molecular formula is C16H15N3O6. The number of nitrogens with one attached hydrogen (secondary N) is 1. The molecule has 0 heterocycles. The van der Waals surface area contributed by atoms with E-state index in [4.69, 9.17) is 4.74 Å². The minimum absolute atomic E-state index is 0.0362. The van der Waals surface area contributed by atoms with Gasteiger partial charge in [-0.05, 0) is 26.0 Å². The van der Waals surface area contributed by atoms with Crippen LogP contribution in [0.4, 0.5) is 17.1 Å².